The number of nitrogens with zero attached hydrogens (tertiary/aromatic N) is 1. The number of hydrogen-bond acceptors (Lipinski definition) is 4. The van der Waals surface area contributed by atoms with Crippen LogP contribution in [0.15, 0.2) is 52.8 Å². The molecule has 0 bridgehead atoms. The van der Waals surface area contributed by atoms with Crippen LogP contribution in [0, 0.1) is 0 Å². The first-order valence-corrected chi connectivity index (χ1v) is 6.70. The van der Waals surface area contributed by atoms with Crippen molar-refractivity contribution in [3.8, 4) is 5.75 Å². The normalized spacial score (nSPS) is 16.6. The van der Waals surface area contributed by atoms with Crippen molar-refractivity contribution in [3.05, 3.63) is 59.7 Å². The van der Waals surface area contributed by atoms with Crippen LogP contribution in [0.2, 0.25) is 0 Å². The molecule has 0 aliphatic carbocycles. The quantitative estimate of drug-likeness (QED) is 0.672. The minimum atomic E-state index is -0.204. The minimum absolute atomic E-state index is 0.179. The molecule has 0 atom stereocenters. The number of rotatable bonds is 3. The zero-order valence-electron chi connectivity index (χ0n) is 10.9. The van der Waals surface area contributed by atoms with E-state index in [9.17, 15) is 9.90 Å². The Morgan fingerprint density at radius 1 is 1.29 bits per heavy atom. The molecular weight excluding hydrogens is 288 g/mol. The van der Waals surface area contributed by atoms with Gasteiger partial charge in [-0.3, -0.25) is 9.69 Å². The van der Waals surface area contributed by atoms with Gasteiger partial charge in [-0.2, -0.15) is 0 Å². The second kappa shape index (κ2) is 5.41. The first-order valence-electron chi connectivity index (χ1n) is 6.29. The minimum Gasteiger partial charge on any atom is -0.508 e. The Morgan fingerprint density at radius 2 is 2.05 bits per heavy atom. The van der Waals surface area contributed by atoms with Crippen molar-refractivity contribution in [2.75, 3.05) is 0 Å². The van der Waals surface area contributed by atoms with Crippen molar-refractivity contribution in [1.29, 1.82) is 0 Å². The van der Waals surface area contributed by atoms with Crippen LogP contribution < -0.4 is 5.32 Å². The summed E-state index contributed by atoms with van der Waals surface area (Å²) < 4.78 is 5.23. The van der Waals surface area contributed by atoms with Gasteiger partial charge in [0.25, 0.3) is 5.91 Å². The number of thiocarbonyl (C=S) groups is 1. The maximum atomic E-state index is 12.3. The van der Waals surface area contributed by atoms with Crippen LogP contribution in [0.1, 0.15) is 11.3 Å². The summed E-state index contributed by atoms with van der Waals surface area (Å²) in [6.45, 7) is 0.296. The van der Waals surface area contributed by atoms with Gasteiger partial charge in [-0.1, -0.05) is 12.1 Å². The van der Waals surface area contributed by atoms with Crippen molar-refractivity contribution in [1.82, 2.24) is 10.2 Å². The lowest BCUT2D eigenvalue weighted by molar-refractivity contribution is -0.122. The second-order valence-corrected chi connectivity index (χ2v) is 4.94. The van der Waals surface area contributed by atoms with Crippen LogP contribution in [-0.2, 0) is 11.3 Å². The highest BCUT2D eigenvalue weighted by Crippen LogP contribution is 2.18. The molecule has 21 heavy (non-hydrogen) atoms. The highest BCUT2D eigenvalue weighted by atomic mass is 32.1. The molecule has 1 saturated heterocycles. The van der Waals surface area contributed by atoms with Crippen molar-refractivity contribution in [3.63, 3.8) is 0 Å². The molecule has 1 aromatic carbocycles. The van der Waals surface area contributed by atoms with E-state index < -0.39 is 0 Å². The fraction of sp³-hybridized carbons (Fsp3) is 0.0667. The number of amides is 1. The standard InChI is InChI=1S/C15H12N2O3S/c18-11-5-3-10(4-6-11)8-13-14(19)17(15(21)16-13)9-12-2-1-7-20-12/h1-8,18H,9H2,(H,16,21)/b13-8+. The number of phenolic OH excluding ortho intramolecular Hbond substituents is 1. The third-order valence-electron chi connectivity index (χ3n) is 3.06. The molecule has 2 N–H and O–H groups in total. The van der Waals surface area contributed by atoms with Gasteiger partial charge < -0.3 is 14.8 Å². The Hall–Kier alpha value is -2.60. The Bertz CT molecular complexity index is 705. The van der Waals surface area contributed by atoms with Crippen LogP contribution in [0.3, 0.4) is 0 Å². The fourth-order valence-corrected chi connectivity index (χ4v) is 2.27. The molecule has 0 unspecified atom stereocenters. The van der Waals surface area contributed by atoms with Crippen LogP contribution >= 0.6 is 12.2 Å². The van der Waals surface area contributed by atoms with Crippen LogP contribution in [0.5, 0.6) is 5.75 Å². The number of carbonyl (C=O) groups is 1. The summed E-state index contributed by atoms with van der Waals surface area (Å²) in [7, 11) is 0. The monoisotopic (exact) mass is 300 g/mol. The summed E-state index contributed by atoms with van der Waals surface area (Å²) >= 11 is 5.18. The molecule has 1 amide bonds. The lowest BCUT2D eigenvalue weighted by atomic mass is 10.2. The summed E-state index contributed by atoms with van der Waals surface area (Å²) in [6.07, 6.45) is 3.25. The molecule has 0 saturated carbocycles. The number of furan rings is 1. The third-order valence-corrected chi connectivity index (χ3v) is 3.38. The van der Waals surface area contributed by atoms with E-state index in [2.05, 4.69) is 5.32 Å². The van der Waals surface area contributed by atoms with Gasteiger partial charge in [-0.25, -0.2) is 0 Å². The number of benzene rings is 1. The Kier molecular flexibility index (Phi) is 3.45. The smallest absolute Gasteiger partial charge is 0.276 e. The van der Waals surface area contributed by atoms with E-state index in [1.807, 2.05) is 0 Å². The molecule has 1 aliphatic heterocycles. The van der Waals surface area contributed by atoms with E-state index in [4.69, 9.17) is 16.6 Å². The lowest BCUT2D eigenvalue weighted by Crippen LogP contribution is -2.29. The third kappa shape index (κ3) is 2.80. The van der Waals surface area contributed by atoms with Gasteiger partial charge in [0.2, 0.25) is 0 Å². The number of nitrogens with one attached hydrogen (secondary N) is 1. The molecule has 3 rings (SSSR count). The van der Waals surface area contributed by atoms with Gasteiger partial charge in [-0.05, 0) is 48.1 Å². The highest BCUT2D eigenvalue weighted by Gasteiger charge is 2.31. The van der Waals surface area contributed by atoms with Gasteiger partial charge in [0.05, 0.1) is 12.8 Å². The first-order chi connectivity index (χ1) is 10.1. The van der Waals surface area contributed by atoms with Crippen molar-refractivity contribution in [2.24, 2.45) is 0 Å². The first kappa shape index (κ1) is 13.4. The topological polar surface area (TPSA) is 65.7 Å². The van der Waals surface area contributed by atoms with Crippen LogP contribution in [0.25, 0.3) is 6.08 Å². The molecule has 6 heteroatoms. The Balaban J connectivity index is 1.81. The molecule has 1 aromatic heterocycles. The predicted molar refractivity (Wildman–Crippen MR) is 81.1 cm³/mol. The summed E-state index contributed by atoms with van der Waals surface area (Å²) in [4.78, 5) is 13.8. The average Bonchev–Trinajstić information content (AvgIpc) is 3.06. The lowest BCUT2D eigenvalue weighted by Gasteiger charge is -2.11. The van der Waals surface area contributed by atoms with Crippen LogP contribution in [-0.4, -0.2) is 21.0 Å². The zero-order valence-corrected chi connectivity index (χ0v) is 11.8. The Morgan fingerprint density at radius 3 is 2.71 bits per heavy atom. The molecule has 0 spiro atoms. The summed E-state index contributed by atoms with van der Waals surface area (Å²) in [5.41, 5.74) is 1.20. The van der Waals surface area contributed by atoms with E-state index in [1.54, 1.807) is 48.7 Å². The van der Waals surface area contributed by atoms with Crippen molar-refractivity contribution >= 4 is 29.3 Å². The molecular formula is C15H12N2O3S. The summed E-state index contributed by atoms with van der Waals surface area (Å²) in [5, 5.41) is 12.5. The SMILES string of the molecule is O=C1/C(=C\c2ccc(O)cc2)NC(=S)N1Cc1ccco1. The largest absolute Gasteiger partial charge is 0.508 e. The predicted octanol–water partition coefficient (Wildman–Crippen LogP) is 2.24. The highest BCUT2D eigenvalue weighted by molar-refractivity contribution is 7.80. The molecule has 5 nitrogen and oxygen atoms in total. The fourth-order valence-electron chi connectivity index (χ4n) is 2.01. The van der Waals surface area contributed by atoms with Gasteiger partial charge in [0.15, 0.2) is 5.11 Å². The van der Waals surface area contributed by atoms with E-state index in [-0.39, 0.29) is 11.7 Å². The van der Waals surface area contributed by atoms with E-state index in [0.717, 1.165) is 5.56 Å². The number of carbonyl (C=O) groups excluding carboxylic acids is 1. The van der Waals surface area contributed by atoms with Gasteiger partial charge in [-0.15, -0.1) is 0 Å². The molecule has 2 heterocycles. The van der Waals surface area contributed by atoms with Crippen LogP contribution in [0.4, 0.5) is 0 Å². The van der Waals surface area contributed by atoms with Crippen molar-refractivity contribution < 1.29 is 14.3 Å². The molecule has 1 aliphatic rings. The number of phenols is 1. The average molecular weight is 300 g/mol. The van der Waals surface area contributed by atoms with Gasteiger partial charge in [0.1, 0.15) is 17.2 Å². The van der Waals surface area contributed by atoms with Gasteiger partial charge in [0, 0.05) is 0 Å². The molecule has 0 radical (unpaired) electrons. The van der Waals surface area contributed by atoms with Crippen molar-refractivity contribution in [2.45, 2.75) is 6.54 Å². The van der Waals surface area contributed by atoms with E-state index >= 15 is 0 Å². The number of hydrogen-bond donors (Lipinski definition) is 2. The summed E-state index contributed by atoms with van der Waals surface area (Å²) in [6, 6.07) is 10.1. The molecule has 2 aromatic rings. The Labute approximate surface area is 126 Å². The van der Waals surface area contributed by atoms with Gasteiger partial charge >= 0.3 is 0 Å². The summed E-state index contributed by atoms with van der Waals surface area (Å²) in [5.74, 6) is 0.640. The van der Waals surface area contributed by atoms with E-state index in [0.29, 0.717) is 23.1 Å². The second-order valence-electron chi connectivity index (χ2n) is 4.55. The molecule has 1 fully saturated rings. The number of aromatic hydroxyl groups is 1. The zero-order chi connectivity index (χ0) is 14.8. The maximum Gasteiger partial charge on any atom is 0.276 e. The van der Waals surface area contributed by atoms with E-state index in [1.165, 1.54) is 4.90 Å². The maximum absolute atomic E-state index is 12.3. The molecule has 106 valence electrons.